The van der Waals surface area contributed by atoms with Crippen LogP contribution in [0.15, 0.2) is 12.2 Å². The summed E-state index contributed by atoms with van der Waals surface area (Å²) in [6.07, 6.45) is 0. The van der Waals surface area contributed by atoms with Crippen LogP contribution in [0.3, 0.4) is 0 Å². The van der Waals surface area contributed by atoms with Crippen molar-refractivity contribution in [2.75, 3.05) is 18.1 Å². The smallest absolute Gasteiger partial charge is 0.0405 e. The largest absolute Gasteiger partial charge is 0.310 e. The van der Waals surface area contributed by atoms with Crippen molar-refractivity contribution >= 4 is 23.5 Å². The van der Waals surface area contributed by atoms with Crippen LogP contribution in [0.25, 0.3) is 0 Å². The molecule has 1 fully saturated rings. The Kier molecular flexibility index (Phi) is 5.42. The SMILES string of the molecule is C=C(C)C(NCC)C1SCCSC1C. The second-order valence-corrected chi connectivity index (χ2v) is 6.56. The van der Waals surface area contributed by atoms with Gasteiger partial charge in [-0.1, -0.05) is 26.0 Å². The van der Waals surface area contributed by atoms with Crippen molar-refractivity contribution in [3.63, 3.8) is 0 Å². The minimum Gasteiger partial charge on any atom is -0.310 e. The molecule has 0 aromatic rings. The lowest BCUT2D eigenvalue weighted by molar-refractivity contribution is 0.562. The molecule has 0 aromatic carbocycles. The van der Waals surface area contributed by atoms with Crippen LogP contribution in [-0.4, -0.2) is 34.6 Å². The highest BCUT2D eigenvalue weighted by Crippen LogP contribution is 2.34. The summed E-state index contributed by atoms with van der Waals surface area (Å²) < 4.78 is 0. The third-order valence-electron chi connectivity index (χ3n) is 2.52. The average molecular weight is 231 g/mol. The van der Waals surface area contributed by atoms with E-state index in [1.165, 1.54) is 17.1 Å². The lowest BCUT2D eigenvalue weighted by Gasteiger charge is -2.35. The van der Waals surface area contributed by atoms with Crippen LogP contribution in [0, 0.1) is 0 Å². The first-order valence-corrected chi connectivity index (χ1v) is 7.38. The van der Waals surface area contributed by atoms with Crippen LogP contribution in [0.4, 0.5) is 0 Å². The van der Waals surface area contributed by atoms with E-state index in [2.05, 4.69) is 56.2 Å². The van der Waals surface area contributed by atoms with Crippen LogP contribution in [0.5, 0.6) is 0 Å². The fraction of sp³-hybridized carbons (Fsp3) is 0.818. The number of likely N-dealkylation sites (N-methyl/N-ethyl adjacent to an activating group) is 1. The molecular formula is C11H21NS2. The summed E-state index contributed by atoms with van der Waals surface area (Å²) in [7, 11) is 0. The molecule has 0 bridgehead atoms. The Balaban J connectivity index is 2.60. The van der Waals surface area contributed by atoms with E-state index >= 15 is 0 Å². The standard InChI is InChI=1S/C11H21NS2/c1-5-12-10(8(2)3)11-9(4)13-6-7-14-11/h9-12H,2,5-7H2,1,3-4H3. The quantitative estimate of drug-likeness (QED) is 0.747. The summed E-state index contributed by atoms with van der Waals surface area (Å²) in [5, 5.41) is 4.99. The fourth-order valence-corrected chi connectivity index (χ4v) is 4.83. The van der Waals surface area contributed by atoms with E-state index in [0.717, 1.165) is 11.8 Å². The summed E-state index contributed by atoms with van der Waals surface area (Å²) >= 11 is 4.20. The van der Waals surface area contributed by atoms with Gasteiger partial charge >= 0.3 is 0 Å². The molecule has 0 radical (unpaired) electrons. The summed E-state index contributed by atoms with van der Waals surface area (Å²) in [5.41, 5.74) is 1.28. The minimum absolute atomic E-state index is 0.493. The predicted octanol–water partition coefficient (Wildman–Crippen LogP) is 2.78. The highest BCUT2D eigenvalue weighted by molar-refractivity contribution is 8.07. The van der Waals surface area contributed by atoms with Crippen molar-refractivity contribution in [3.8, 4) is 0 Å². The van der Waals surface area contributed by atoms with Gasteiger partial charge < -0.3 is 5.32 Å². The first kappa shape index (κ1) is 12.5. The lowest BCUT2D eigenvalue weighted by atomic mass is 10.0. The maximum Gasteiger partial charge on any atom is 0.0405 e. The Morgan fingerprint density at radius 2 is 2.14 bits per heavy atom. The van der Waals surface area contributed by atoms with Crippen molar-refractivity contribution in [3.05, 3.63) is 12.2 Å². The summed E-state index contributed by atoms with van der Waals surface area (Å²) in [5.74, 6) is 2.59. The van der Waals surface area contributed by atoms with Crippen LogP contribution < -0.4 is 5.32 Å². The number of thioether (sulfide) groups is 2. The van der Waals surface area contributed by atoms with E-state index in [-0.39, 0.29) is 0 Å². The van der Waals surface area contributed by atoms with Crippen molar-refractivity contribution in [2.45, 2.75) is 37.3 Å². The van der Waals surface area contributed by atoms with Gasteiger partial charge in [0.2, 0.25) is 0 Å². The highest BCUT2D eigenvalue weighted by Gasteiger charge is 2.29. The second kappa shape index (κ2) is 6.09. The van der Waals surface area contributed by atoms with Crippen molar-refractivity contribution in [1.29, 1.82) is 0 Å². The van der Waals surface area contributed by atoms with Crippen molar-refractivity contribution in [1.82, 2.24) is 5.32 Å². The van der Waals surface area contributed by atoms with E-state index in [0.29, 0.717) is 11.3 Å². The number of rotatable bonds is 4. The van der Waals surface area contributed by atoms with Crippen molar-refractivity contribution in [2.24, 2.45) is 0 Å². The van der Waals surface area contributed by atoms with Gasteiger partial charge in [0.25, 0.3) is 0 Å². The third-order valence-corrected chi connectivity index (χ3v) is 5.72. The van der Waals surface area contributed by atoms with Gasteiger partial charge in [-0.25, -0.2) is 0 Å². The van der Waals surface area contributed by atoms with Crippen molar-refractivity contribution < 1.29 is 0 Å². The molecule has 0 aromatic heterocycles. The minimum atomic E-state index is 0.493. The topological polar surface area (TPSA) is 12.0 Å². The van der Waals surface area contributed by atoms with Crippen LogP contribution in [-0.2, 0) is 0 Å². The molecule has 3 heteroatoms. The van der Waals surface area contributed by atoms with Gasteiger partial charge in [0, 0.05) is 28.0 Å². The summed E-state index contributed by atoms with van der Waals surface area (Å²) in [6, 6.07) is 0.493. The molecular weight excluding hydrogens is 210 g/mol. The van der Waals surface area contributed by atoms with E-state index < -0.39 is 0 Å². The zero-order valence-electron chi connectivity index (χ0n) is 9.38. The van der Waals surface area contributed by atoms with E-state index in [9.17, 15) is 0 Å². The number of nitrogens with one attached hydrogen (secondary N) is 1. The molecule has 1 nitrogen and oxygen atoms in total. The Hall–Kier alpha value is 0.400. The molecule has 14 heavy (non-hydrogen) atoms. The maximum absolute atomic E-state index is 4.10. The van der Waals surface area contributed by atoms with Gasteiger partial charge in [-0.15, -0.1) is 0 Å². The fourth-order valence-electron chi connectivity index (χ4n) is 1.81. The van der Waals surface area contributed by atoms with Crippen LogP contribution in [0.1, 0.15) is 20.8 Å². The molecule has 3 atom stereocenters. The predicted molar refractivity (Wildman–Crippen MR) is 70.4 cm³/mol. The molecule has 1 N–H and O–H groups in total. The van der Waals surface area contributed by atoms with Gasteiger partial charge in [-0.2, -0.15) is 23.5 Å². The van der Waals surface area contributed by atoms with E-state index in [1.54, 1.807) is 0 Å². The molecule has 0 saturated carbocycles. The summed E-state index contributed by atoms with van der Waals surface area (Å²) in [4.78, 5) is 0. The van der Waals surface area contributed by atoms with E-state index in [4.69, 9.17) is 0 Å². The highest BCUT2D eigenvalue weighted by atomic mass is 32.2. The van der Waals surface area contributed by atoms with Crippen LogP contribution in [0.2, 0.25) is 0 Å². The normalized spacial score (nSPS) is 29.9. The zero-order valence-corrected chi connectivity index (χ0v) is 11.0. The second-order valence-electron chi connectivity index (χ2n) is 3.79. The number of hydrogen-bond donors (Lipinski definition) is 1. The molecule has 0 aliphatic carbocycles. The van der Waals surface area contributed by atoms with Gasteiger partial charge in [0.1, 0.15) is 0 Å². The maximum atomic E-state index is 4.10. The first-order valence-electron chi connectivity index (χ1n) is 5.28. The van der Waals surface area contributed by atoms with E-state index in [1.807, 2.05) is 0 Å². The first-order chi connectivity index (χ1) is 6.66. The molecule has 3 unspecified atom stereocenters. The molecule has 1 aliphatic rings. The Morgan fingerprint density at radius 1 is 1.50 bits per heavy atom. The summed E-state index contributed by atoms with van der Waals surface area (Å²) in [6.45, 7) is 11.8. The molecule has 1 rings (SSSR count). The van der Waals surface area contributed by atoms with Gasteiger partial charge in [-0.3, -0.25) is 0 Å². The van der Waals surface area contributed by atoms with Gasteiger partial charge in [-0.05, 0) is 13.5 Å². The van der Waals surface area contributed by atoms with Crippen LogP contribution >= 0.6 is 23.5 Å². The molecule has 0 spiro atoms. The Bertz CT molecular complexity index is 194. The number of hydrogen-bond acceptors (Lipinski definition) is 3. The molecule has 1 aliphatic heterocycles. The Labute approximate surface area is 96.5 Å². The molecule has 1 saturated heterocycles. The molecule has 1 heterocycles. The average Bonchev–Trinajstić information content (AvgIpc) is 2.15. The lowest BCUT2D eigenvalue weighted by Crippen LogP contribution is -2.44. The monoisotopic (exact) mass is 231 g/mol. The zero-order chi connectivity index (χ0) is 10.6. The van der Waals surface area contributed by atoms with Gasteiger partial charge in [0.15, 0.2) is 0 Å². The molecule has 0 amide bonds. The van der Waals surface area contributed by atoms with Gasteiger partial charge in [0.05, 0.1) is 0 Å². The Morgan fingerprint density at radius 3 is 2.64 bits per heavy atom. The third kappa shape index (κ3) is 3.21. The molecule has 82 valence electrons.